The zero-order valence-corrected chi connectivity index (χ0v) is 10.3. The summed E-state index contributed by atoms with van der Waals surface area (Å²) in [5.74, 6) is -0.239. The van der Waals surface area contributed by atoms with Crippen LogP contribution in [0.5, 0.6) is 0 Å². The normalized spacial score (nSPS) is 14.2. The summed E-state index contributed by atoms with van der Waals surface area (Å²) < 4.78 is 0. The highest BCUT2D eigenvalue weighted by atomic mass is 35.5. The van der Waals surface area contributed by atoms with Crippen LogP contribution in [-0.4, -0.2) is 11.9 Å². The summed E-state index contributed by atoms with van der Waals surface area (Å²) in [5, 5.41) is 5.52. The van der Waals surface area contributed by atoms with Crippen molar-refractivity contribution < 1.29 is 9.59 Å². The molecule has 6 heteroatoms. The molecule has 0 unspecified atom stereocenters. The molecule has 0 saturated heterocycles. The first-order valence-electron chi connectivity index (χ1n) is 5.13. The molecule has 4 nitrogen and oxygen atoms in total. The summed E-state index contributed by atoms with van der Waals surface area (Å²) in [7, 11) is 0. The predicted octanol–water partition coefficient (Wildman–Crippen LogP) is 3.05. The topological polar surface area (TPSA) is 58.2 Å². The standard InChI is InChI=1S/C11H10Cl2N2O2/c12-8-4-3-7(5-9(8)13)14-11(17)15-10(16)6-1-2-6/h3-6H,1-2H2,(H2,14,15,16,17). The number of benzene rings is 1. The van der Waals surface area contributed by atoms with Gasteiger partial charge in [0.05, 0.1) is 10.0 Å². The molecule has 1 aliphatic rings. The van der Waals surface area contributed by atoms with Crippen LogP contribution in [0, 0.1) is 5.92 Å². The monoisotopic (exact) mass is 272 g/mol. The maximum atomic E-state index is 11.4. The fourth-order valence-corrected chi connectivity index (χ4v) is 1.59. The second-order valence-corrected chi connectivity index (χ2v) is 4.66. The Balaban J connectivity index is 1.92. The molecule has 1 fully saturated rings. The van der Waals surface area contributed by atoms with Gasteiger partial charge in [-0.25, -0.2) is 4.79 Å². The smallest absolute Gasteiger partial charge is 0.308 e. The van der Waals surface area contributed by atoms with Crippen LogP contribution in [0.25, 0.3) is 0 Å². The van der Waals surface area contributed by atoms with Crippen molar-refractivity contribution in [3.05, 3.63) is 28.2 Å². The molecule has 0 bridgehead atoms. The van der Waals surface area contributed by atoms with Gasteiger partial charge in [-0.05, 0) is 31.0 Å². The van der Waals surface area contributed by atoms with E-state index in [9.17, 15) is 9.59 Å². The molecular formula is C11H10Cl2N2O2. The summed E-state index contributed by atoms with van der Waals surface area (Å²) in [6, 6.07) is 4.14. The minimum absolute atomic E-state index is 0.00504. The van der Waals surface area contributed by atoms with Gasteiger partial charge >= 0.3 is 6.03 Å². The average Bonchev–Trinajstić information content (AvgIpc) is 3.06. The predicted molar refractivity (Wildman–Crippen MR) is 66.3 cm³/mol. The first kappa shape index (κ1) is 12.2. The second-order valence-electron chi connectivity index (χ2n) is 3.85. The first-order valence-corrected chi connectivity index (χ1v) is 5.89. The number of anilines is 1. The van der Waals surface area contributed by atoms with Crippen LogP contribution in [0.15, 0.2) is 18.2 Å². The molecule has 17 heavy (non-hydrogen) atoms. The maximum absolute atomic E-state index is 11.4. The van der Waals surface area contributed by atoms with Crippen LogP contribution in [-0.2, 0) is 4.79 Å². The molecule has 0 aliphatic heterocycles. The summed E-state index contributed by atoms with van der Waals surface area (Å²) in [5.41, 5.74) is 0.487. The number of nitrogens with one attached hydrogen (secondary N) is 2. The van der Waals surface area contributed by atoms with Crippen LogP contribution >= 0.6 is 23.2 Å². The number of halogens is 2. The average molecular weight is 273 g/mol. The molecule has 0 atom stereocenters. The third kappa shape index (κ3) is 3.35. The van der Waals surface area contributed by atoms with Crippen LogP contribution in [0.3, 0.4) is 0 Å². The number of imide groups is 1. The van der Waals surface area contributed by atoms with E-state index in [2.05, 4.69) is 10.6 Å². The van der Waals surface area contributed by atoms with E-state index in [1.54, 1.807) is 12.1 Å². The lowest BCUT2D eigenvalue weighted by molar-refractivity contribution is -0.121. The summed E-state index contributed by atoms with van der Waals surface area (Å²) in [6.45, 7) is 0. The highest BCUT2D eigenvalue weighted by molar-refractivity contribution is 6.42. The Labute approximate surface area is 108 Å². The second kappa shape index (κ2) is 4.94. The molecule has 1 aromatic rings. The molecule has 90 valence electrons. The molecule has 0 spiro atoms. The fraction of sp³-hybridized carbons (Fsp3) is 0.273. The lowest BCUT2D eigenvalue weighted by atomic mass is 10.3. The van der Waals surface area contributed by atoms with E-state index in [-0.39, 0.29) is 11.8 Å². The van der Waals surface area contributed by atoms with Gasteiger partial charge in [0.25, 0.3) is 0 Å². The third-order valence-electron chi connectivity index (χ3n) is 2.36. The van der Waals surface area contributed by atoms with Crippen molar-refractivity contribution in [3.8, 4) is 0 Å². The van der Waals surface area contributed by atoms with Gasteiger partial charge in [0, 0.05) is 11.6 Å². The molecule has 1 aliphatic carbocycles. The number of carbonyl (C=O) groups is 2. The van der Waals surface area contributed by atoms with Gasteiger partial charge in [0.1, 0.15) is 0 Å². The van der Waals surface area contributed by atoms with Gasteiger partial charge < -0.3 is 5.32 Å². The molecule has 0 aromatic heterocycles. The van der Waals surface area contributed by atoms with E-state index in [4.69, 9.17) is 23.2 Å². The molecule has 1 saturated carbocycles. The first-order chi connectivity index (χ1) is 8.06. The zero-order chi connectivity index (χ0) is 12.4. The minimum atomic E-state index is -0.555. The van der Waals surface area contributed by atoms with E-state index >= 15 is 0 Å². The Morgan fingerprint density at radius 2 is 1.88 bits per heavy atom. The van der Waals surface area contributed by atoms with Crippen LogP contribution in [0.2, 0.25) is 10.0 Å². The Morgan fingerprint density at radius 3 is 2.47 bits per heavy atom. The minimum Gasteiger partial charge on any atom is -0.308 e. The molecular weight excluding hydrogens is 263 g/mol. The Bertz CT molecular complexity index is 473. The van der Waals surface area contributed by atoms with Crippen LogP contribution in [0.4, 0.5) is 10.5 Å². The van der Waals surface area contributed by atoms with Crippen molar-refractivity contribution in [1.82, 2.24) is 5.32 Å². The number of carbonyl (C=O) groups excluding carboxylic acids is 2. The number of hydrogen-bond donors (Lipinski definition) is 2. The molecule has 2 N–H and O–H groups in total. The largest absolute Gasteiger partial charge is 0.325 e. The highest BCUT2D eigenvalue weighted by Crippen LogP contribution is 2.29. The molecule has 0 heterocycles. The third-order valence-corrected chi connectivity index (χ3v) is 3.10. The molecule has 2 rings (SSSR count). The van der Waals surface area contributed by atoms with Crippen molar-refractivity contribution >= 4 is 40.8 Å². The van der Waals surface area contributed by atoms with Gasteiger partial charge in [-0.3, -0.25) is 10.1 Å². The van der Waals surface area contributed by atoms with Crippen molar-refractivity contribution in [3.63, 3.8) is 0 Å². The maximum Gasteiger partial charge on any atom is 0.325 e. The SMILES string of the molecule is O=C(NC(=O)C1CC1)Nc1ccc(Cl)c(Cl)c1. The molecule has 3 amide bonds. The van der Waals surface area contributed by atoms with E-state index in [0.717, 1.165) is 12.8 Å². The van der Waals surface area contributed by atoms with Gasteiger partial charge in [-0.1, -0.05) is 23.2 Å². The van der Waals surface area contributed by atoms with Gasteiger partial charge in [0.2, 0.25) is 5.91 Å². The number of hydrogen-bond acceptors (Lipinski definition) is 2. The Hall–Kier alpha value is -1.26. The van der Waals surface area contributed by atoms with E-state index in [1.807, 2.05) is 0 Å². The van der Waals surface area contributed by atoms with Gasteiger partial charge in [-0.2, -0.15) is 0 Å². The van der Waals surface area contributed by atoms with Crippen molar-refractivity contribution in [2.75, 3.05) is 5.32 Å². The zero-order valence-electron chi connectivity index (χ0n) is 8.80. The summed E-state index contributed by atoms with van der Waals surface area (Å²) >= 11 is 11.5. The summed E-state index contributed by atoms with van der Waals surface area (Å²) in [4.78, 5) is 22.7. The van der Waals surface area contributed by atoms with E-state index < -0.39 is 6.03 Å². The fourth-order valence-electron chi connectivity index (χ4n) is 1.30. The lowest BCUT2D eigenvalue weighted by Crippen LogP contribution is -2.35. The molecule has 0 radical (unpaired) electrons. The van der Waals surface area contributed by atoms with Crippen LogP contribution in [0.1, 0.15) is 12.8 Å². The number of urea groups is 1. The quantitative estimate of drug-likeness (QED) is 0.870. The van der Waals surface area contributed by atoms with Gasteiger partial charge in [-0.15, -0.1) is 0 Å². The van der Waals surface area contributed by atoms with Crippen LogP contribution < -0.4 is 10.6 Å². The highest BCUT2D eigenvalue weighted by Gasteiger charge is 2.30. The Morgan fingerprint density at radius 1 is 1.18 bits per heavy atom. The van der Waals surface area contributed by atoms with Crippen molar-refractivity contribution in [1.29, 1.82) is 0 Å². The van der Waals surface area contributed by atoms with Gasteiger partial charge in [0.15, 0.2) is 0 Å². The van der Waals surface area contributed by atoms with E-state index in [1.165, 1.54) is 6.07 Å². The number of rotatable bonds is 2. The lowest BCUT2D eigenvalue weighted by Gasteiger charge is -2.06. The number of amides is 3. The van der Waals surface area contributed by atoms with E-state index in [0.29, 0.717) is 15.7 Å². The van der Waals surface area contributed by atoms with Crippen molar-refractivity contribution in [2.45, 2.75) is 12.8 Å². The summed E-state index contributed by atoms with van der Waals surface area (Å²) in [6.07, 6.45) is 1.71. The molecule has 1 aromatic carbocycles. The Kier molecular flexibility index (Phi) is 3.54. The van der Waals surface area contributed by atoms with Crippen molar-refractivity contribution in [2.24, 2.45) is 5.92 Å².